The van der Waals surface area contributed by atoms with Crippen LogP contribution in [-0.4, -0.2) is 13.3 Å². The van der Waals surface area contributed by atoms with Gasteiger partial charge in [-0.25, -0.2) is 0 Å². The van der Waals surface area contributed by atoms with Gasteiger partial charge in [-0.3, -0.25) is 0 Å². The van der Waals surface area contributed by atoms with E-state index >= 15 is 0 Å². The largest absolute Gasteiger partial charge is 0.497 e. The summed E-state index contributed by atoms with van der Waals surface area (Å²) in [6, 6.07) is 7.66. The molecule has 0 amide bonds. The summed E-state index contributed by atoms with van der Waals surface area (Å²) in [5.41, 5.74) is 1.03. The van der Waals surface area contributed by atoms with Crippen molar-refractivity contribution in [3.05, 3.63) is 29.8 Å². The highest BCUT2D eigenvalue weighted by atomic mass is 16.6. The van der Waals surface area contributed by atoms with Crippen molar-refractivity contribution in [2.45, 2.75) is 13.5 Å². The van der Waals surface area contributed by atoms with E-state index in [2.05, 4.69) is 11.4 Å². The molecular formula is C10H12NO2. The second-order valence-electron chi connectivity index (χ2n) is 2.44. The fraction of sp³-hybridized carbons (Fsp3) is 0.300. The molecule has 0 saturated heterocycles. The molecule has 0 aliphatic carbocycles. The van der Waals surface area contributed by atoms with Gasteiger partial charge < -0.3 is 9.57 Å². The molecule has 0 unspecified atom stereocenters. The van der Waals surface area contributed by atoms with Crippen LogP contribution in [0.1, 0.15) is 12.5 Å². The van der Waals surface area contributed by atoms with Gasteiger partial charge >= 0.3 is 0 Å². The minimum absolute atomic E-state index is 0.443. The predicted molar refractivity (Wildman–Crippen MR) is 50.9 cm³/mol. The Morgan fingerprint density at radius 3 is 3.00 bits per heavy atom. The molecule has 0 saturated carbocycles. The smallest absolute Gasteiger partial charge is 0.142 e. The molecule has 69 valence electrons. The molecule has 3 nitrogen and oxygen atoms in total. The third kappa shape index (κ3) is 3.15. The maximum absolute atomic E-state index is 5.06. The molecule has 0 spiro atoms. The van der Waals surface area contributed by atoms with E-state index in [0.29, 0.717) is 6.61 Å². The van der Waals surface area contributed by atoms with Gasteiger partial charge in [0, 0.05) is 0 Å². The van der Waals surface area contributed by atoms with E-state index in [1.807, 2.05) is 24.3 Å². The fourth-order valence-corrected chi connectivity index (χ4v) is 0.934. The van der Waals surface area contributed by atoms with Crippen LogP contribution in [0.2, 0.25) is 0 Å². The Kier molecular flexibility index (Phi) is 3.82. The Morgan fingerprint density at radius 2 is 2.31 bits per heavy atom. The quantitative estimate of drug-likeness (QED) is 0.522. The summed E-state index contributed by atoms with van der Waals surface area (Å²) >= 11 is 0. The van der Waals surface area contributed by atoms with Crippen LogP contribution in [0.25, 0.3) is 0 Å². The van der Waals surface area contributed by atoms with Gasteiger partial charge in [0.2, 0.25) is 0 Å². The molecule has 0 bridgehead atoms. The van der Waals surface area contributed by atoms with Crippen molar-refractivity contribution in [1.29, 1.82) is 0 Å². The topological polar surface area (TPSA) is 30.8 Å². The maximum atomic E-state index is 5.06. The van der Waals surface area contributed by atoms with Gasteiger partial charge in [0.05, 0.1) is 7.11 Å². The Morgan fingerprint density at radius 1 is 1.46 bits per heavy atom. The standard InChI is InChI=1S/C10H12NO2/c1-3-11-13-8-9-5-4-6-10(7-9)12-2/h4-7H,8H2,1-2H3. The molecule has 0 atom stereocenters. The van der Waals surface area contributed by atoms with Crippen LogP contribution in [0.15, 0.2) is 29.4 Å². The van der Waals surface area contributed by atoms with Crippen molar-refractivity contribution in [2.75, 3.05) is 7.11 Å². The first-order valence-corrected chi connectivity index (χ1v) is 3.98. The van der Waals surface area contributed by atoms with Gasteiger partial charge in [0.1, 0.15) is 18.6 Å². The number of rotatable bonds is 4. The van der Waals surface area contributed by atoms with Crippen LogP contribution in [-0.2, 0) is 11.4 Å². The number of hydrogen-bond acceptors (Lipinski definition) is 3. The summed E-state index contributed by atoms with van der Waals surface area (Å²) in [6.07, 6.45) is 2.54. The molecule has 0 aromatic heterocycles. The number of methoxy groups -OCH3 is 1. The molecule has 3 heteroatoms. The average Bonchev–Trinajstić information content (AvgIpc) is 2.19. The van der Waals surface area contributed by atoms with Crippen molar-refractivity contribution in [3.8, 4) is 5.75 Å². The first-order valence-electron chi connectivity index (χ1n) is 3.98. The molecule has 0 N–H and O–H groups in total. The van der Waals surface area contributed by atoms with E-state index < -0.39 is 0 Å². The van der Waals surface area contributed by atoms with Crippen LogP contribution in [0, 0.1) is 0 Å². The first kappa shape index (κ1) is 9.58. The summed E-state index contributed by atoms with van der Waals surface area (Å²) < 4.78 is 5.06. The van der Waals surface area contributed by atoms with Crippen LogP contribution in [0.4, 0.5) is 0 Å². The van der Waals surface area contributed by atoms with Crippen molar-refractivity contribution >= 4 is 6.21 Å². The molecule has 1 rings (SSSR count). The molecule has 1 radical (unpaired) electrons. The van der Waals surface area contributed by atoms with Crippen molar-refractivity contribution in [2.24, 2.45) is 5.16 Å². The predicted octanol–water partition coefficient (Wildman–Crippen LogP) is 2.09. The minimum atomic E-state index is 0.443. The Hall–Kier alpha value is -1.51. The van der Waals surface area contributed by atoms with Gasteiger partial charge in [0.25, 0.3) is 0 Å². The third-order valence-electron chi connectivity index (χ3n) is 1.52. The molecule has 13 heavy (non-hydrogen) atoms. The second-order valence-corrected chi connectivity index (χ2v) is 2.44. The summed E-state index contributed by atoms with van der Waals surface area (Å²) in [4.78, 5) is 4.93. The van der Waals surface area contributed by atoms with Crippen molar-refractivity contribution in [3.63, 3.8) is 0 Å². The average molecular weight is 178 g/mol. The number of benzene rings is 1. The highest BCUT2D eigenvalue weighted by Crippen LogP contribution is 2.12. The van der Waals surface area contributed by atoms with Gasteiger partial charge in [-0.1, -0.05) is 17.3 Å². The highest BCUT2D eigenvalue weighted by Gasteiger charge is 1.94. The van der Waals surface area contributed by atoms with Gasteiger partial charge in [-0.05, 0) is 24.6 Å². The van der Waals surface area contributed by atoms with Crippen LogP contribution in [0.5, 0.6) is 5.75 Å². The minimum Gasteiger partial charge on any atom is -0.497 e. The van der Waals surface area contributed by atoms with E-state index in [-0.39, 0.29) is 0 Å². The molecule has 1 aromatic rings. The van der Waals surface area contributed by atoms with E-state index in [9.17, 15) is 0 Å². The second kappa shape index (κ2) is 5.19. The van der Waals surface area contributed by atoms with Crippen LogP contribution in [0.3, 0.4) is 0 Å². The Balaban J connectivity index is 2.56. The normalized spacial score (nSPS) is 10.3. The van der Waals surface area contributed by atoms with Crippen molar-refractivity contribution < 1.29 is 9.57 Å². The first-order chi connectivity index (χ1) is 6.36. The fourth-order valence-electron chi connectivity index (χ4n) is 0.934. The summed E-state index contributed by atoms with van der Waals surface area (Å²) in [5.74, 6) is 0.825. The molecule has 0 heterocycles. The van der Waals surface area contributed by atoms with Gasteiger partial charge in [-0.15, -0.1) is 0 Å². The molecule has 0 fully saturated rings. The molecule has 0 aliphatic rings. The number of nitrogens with zero attached hydrogens (tertiary/aromatic N) is 1. The zero-order valence-electron chi connectivity index (χ0n) is 7.78. The van der Waals surface area contributed by atoms with E-state index in [0.717, 1.165) is 11.3 Å². The monoisotopic (exact) mass is 178 g/mol. The van der Waals surface area contributed by atoms with Gasteiger partial charge in [-0.2, -0.15) is 0 Å². The highest BCUT2D eigenvalue weighted by molar-refractivity contribution is 5.52. The molecular weight excluding hydrogens is 166 g/mol. The molecule has 0 aliphatic heterocycles. The lowest BCUT2D eigenvalue weighted by Crippen LogP contribution is -1.88. The van der Waals surface area contributed by atoms with E-state index in [1.54, 1.807) is 14.0 Å². The zero-order valence-corrected chi connectivity index (χ0v) is 7.78. The SMILES string of the molecule is C/[C]=N\OCc1cccc(OC)c1. The third-order valence-corrected chi connectivity index (χ3v) is 1.52. The lowest BCUT2D eigenvalue weighted by atomic mass is 10.2. The summed E-state index contributed by atoms with van der Waals surface area (Å²) in [7, 11) is 1.64. The lowest BCUT2D eigenvalue weighted by molar-refractivity contribution is 0.131. The van der Waals surface area contributed by atoms with Crippen molar-refractivity contribution in [1.82, 2.24) is 0 Å². The van der Waals surface area contributed by atoms with Crippen LogP contribution < -0.4 is 4.74 Å². The van der Waals surface area contributed by atoms with Gasteiger partial charge in [0.15, 0.2) is 0 Å². The summed E-state index contributed by atoms with van der Waals surface area (Å²) in [5, 5.41) is 3.53. The summed E-state index contributed by atoms with van der Waals surface area (Å²) in [6.45, 7) is 2.13. The Bertz CT molecular complexity index is 284. The van der Waals surface area contributed by atoms with E-state index in [1.165, 1.54) is 0 Å². The maximum Gasteiger partial charge on any atom is 0.142 e. The number of hydrogen-bond donors (Lipinski definition) is 0. The van der Waals surface area contributed by atoms with E-state index in [4.69, 9.17) is 9.57 Å². The molecule has 1 aromatic carbocycles. The van der Waals surface area contributed by atoms with Crippen LogP contribution >= 0.6 is 0 Å². The lowest BCUT2D eigenvalue weighted by Gasteiger charge is -2.02. The Labute approximate surface area is 78.0 Å². The zero-order chi connectivity index (χ0) is 9.52. The number of ether oxygens (including phenoxy) is 1.